The van der Waals surface area contributed by atoms with Crippen LogP contribution in [0.2, 0.25) is 0 Å². The third-order valence-corrected chi connectivity index (χ3v) is 5.82. The molecular weight excluding hydrogens is 346 g/mol. The van der Waals surface area contributed by atoms with E-state index in [1.165, 1.54) is 0 Å². The monoisotopic (exact) mass is 371 g/mol. The van der Waals surface area contributed by atoms with Gasteiger partial charge in [0.15, 0.2) is 5.75 Å². The molecule has 1 N–H and O–H groups in total. The van der Waals surface area contributed by atoms with Gasteiger partial charge in [-0.1, -0.05) is 0 Å². The second-order valence-electron chi connectivity index (χ2n) is 7.49. The largest absolute Gasteiger partial charge is 0.496 e. The predicted molar refractivity (Wildman–Crippen MR) is 100 cm³/mol. The molecule has 1 spiro atoms. The second kappa shape index (κ2) is 6.88. The molecule has 27 heavy (non-hydrogen) atoms. The van der Waals surface area contributed by atoms with Crippen molar-refractivity contribution in [2.24, 2.45) is 11.3 Å². The molecule has 1 atom stereocenters. The van der Waals surface area contributed by atoms with Gasteiger partial charge in [-0.15, -0.1) is 0 Å². The molecule has 1 unspecified atom stereocenters. The molecule has 2 aromatic rings. The second-order valence-corrected chi connectivity index (χ2v) is 7.49. The highest BCUT2D eigenvalue weighted by Gasteiger charge is 2.54. The number of pyridine rings is 2. The van der Waals surface area contributed by atoms with Gasteiger partial charge in [0.1, 0.15) is 5.75 Å². The third kappa shape index (κ3) is 3.06. The highest BCUT2D eigenvalue weighted by molar-refractivity contribution is 5.55. The van der Waals surface area contributed by atoms with E-state index in [4.69, 9.17) is 14.2 Å². The van der Waals surface area contributed by atoms with E-state index in [1.54, 1.807) is 39.8 Å². The fourth-order valence-corrected chi connectivity index (χ4v) is 4.43. The van der Waals surface area contributed by atoms with Gasteiger partial charge in [0.25, 0.3) is 5.88 Å². The Morgan fingerprint density at radius 1 is 1.11 bits per heavy atom. The molecule has 1 aliphatic heterocycles. The molecule has 7 nitrogen and oxygen atoms in total. The summed E-state index contributed by atoms with van der Waals surface area (Å²) >= 11 is 0. The van der Waals surface area contributed by atoms with Crippen LogP contribution < -0.4 is 19.1 Å². The summed E-state index contributed by atoms with van der Waals surface area (Å²) in [7, 11) is 4.82. The summed E-state index contributed by atoms with van der Waals surface area (Å²) in [5.41, 5.74) is 2.10. The van der Waals surface area contributed by atoms with Crippen LogP contribution in [0.4, 0.5) is 5.69 Å². The molecule has 1 saturated carbocycles. The first-order valence-corrected chi connectivity index (χ1v) is 9.08. The van der Waals surface area contributed by atoms with E-state index >= 15 is 0 Å². The third-order valence-electron chi connectivity index (χ3n) is 5.82. The number of aliphatic hydroxyl groups is 1. The van der Waals surface area contributed by atoms with Crippen molar-refractivity contribution < 1.29 is 19.3 Å². The van der Waals surface area contributed by atoms with E-state index < -0.39 is 6.10 Å². The summed E-state index contributed by atoms with van der Waals surface area (Å²) in [6.45, 7) is 1.94. The number of hydrogen-bond donors (Lipinski definition) is 1. The molecule has 0 radical (unpaired) electrons. The number of ether oxygens (including phenoxy) is 3. The first kappa shape index (κ1) is 17.9. The average molecular weight is 371 g/mol. The standard InChI is InChI=1S/C20H25N3O4/c1-25-16-4-5-21-10-15(16)18(24)13-7-20(8-13)11-23(12-20)14-6-17(26-2)19(27-3)22-9-14/h4-6,9-10,13,18,24H,7-8,11-12H2,1-3H3. The van der Waals surface area contributed by atoms with Gasteiger partial charge >= 0.3 is 0 Å². The fraction of sp³-hybridized carbons (Fsp3) is 0.500. The minimum Gasteiger partial charge on any atom is -0.496 e. The van der Waals surface area contributed by atoms with Crippen molar-refractivity contribution in [1.82, 2.24) is 9.97 Å². The Kier molecular flexibility index (Phi) is 4.55. The van der Waals surface area contributed by atoms with Gasteiger partial charge in [-0.3, -0.25) is 4.98 Å². The lowest BCUT2D eigenvalue weighted by Crippen LogP contribution is -2.63. The Morgan fingerprint density at radius 2 is 1.85 bits per heavy atom. The molecular formula is C20H25N3O4. The molecule has 2 fully saturated rings. The minimum absolute atomic E-state index is 0.244. The van der Waals surface area contributed by atoms with Gasteiger partial charge in [0.05, 0.1) is 39.3 Å². The number of aliphatic hydroxyl groups excluding tert-OH is 1. The maximum Gasteiger partial charge on any atom is 0.256 e. The number of hydrogen-bond acceptors (Lipinski definition) is 7. The fourth-order valence-electron chi connectivity index (χ4n) is 4.43. The predicted octanol–water partition coefficient (Wildman–Crippen LogP) is 2.45. The maximum absolute atomic E-state index is 10.7. The van der Waals surface area contributed by atoms with Gasteiger partial charge in [0.2, 0.25) is 0 Å². The van der Waals surface area contributed by atoms with Crippen LogP contribution in [0.1, 0.15) is 24.5 Å². The van der Waals surface area contributed by atoms with E-state index in [1.807, 2.05) is 12.3 Å². The van der Waals surface area contributed by atoms with Gasteiger partial charge in [-0.05, 0) is 24.8 Å². The zero-order valence-corrected chi connectivity index (χ0v) is 15.9. The molecule has 1 aliphatic carbocycles. The van der Waals surface area contributed by atoms with Crippen LogP contribution in [-0.4, -0.2) is 49.5 Å². The van der Waals surface area contributed by atoms with E-state index in [0.717, 1.165) is 37.2 Å². The number of anilines is 1. The van der Waals surface area contributed by atoms with Crippen molar-refractivity contribution in [2.45, 2.75) is 18.9 Å². The van der Waals surface area contributed by atoms with Crippen molar-refractivity contribution in [2.75, 3.05) is 39.3 Å². The van der Waals surface area contributed by atoms with Crippen LogP contribution in [0, 0.1) is 11.3 Å². The summed E-state index contributed by atoms with van der Waals surface area (Å²) in [6, 6.07) is 3.76. The van der Waals surface area contributed by atoms with Crippen molar-refractivity contribution in [3.05, 3.63) is 36.3 Å². The highest BCUT2D eigenvalue weighted by atomic mass is 16.5. The van der Waals surface area contributed by atoms with Crippen LogP contribution in [0.15, 0.2) is 30.7 Å². The van der Waals surface area contributed by atoms with E-state index in [0.29, 0.717) is 17.4 Å². The lowest BCUT2D eigenvalue weighted by molar-refractivity contribution is -0.0516. The van der Waals surface area contributed by atoms with Crippen molar-refractivity contribution in [1.29, 1.82) is 0 Å². The average Bonchev–Trinajstić information content (AvgIpc) is 2.65. The molecule has 7 heteroatoms. The Morgan fingerprint density at radius 3 is 2.52 bits per heavy atom. The summed E-state index contributed by atoms with van der Waals surface area (Å²) in [5.74, 6) is 2.08. The van der Waals surface area contributed by atoms with Crippen LogP contribution in [-0.2, 0) is 0 Å². The molecule has 4 rings (SSSR count). The number of rotatable bonds is 6. The minimum atomic E-state index is -0.531. The quantitative estimate of drug-likeness (QED) is 0.836. The van der Waals surface area contributed by atoms with Crippen LogP contribution in [0.25, 0.3) is 0 Å². The summed E-state index contributed by atoms with van der Waals surface area (Å²) in [5, 5.41) is 10.7. The first-order valence-electron chi connectivity index (χ1n) is 9.08. The van der Waals surface area contributed by atoms with Crippen molar-refractivity contribution in [3.8, 4) is 17.4 Å². The van der Waals surface area contributed by atoms with Gasteiger partial charge < -0.3 is 24.2 Å². The molecule has 144 valence electrons. The molecule has 3 heterocycles. The van der Waals surface area contributed by atoms with Crippen molar-refractivity contribution in [3.63, 3.8) is 0 Å². The van der Waals surface area contributed by atoms with Crippen LogP contribution >= 0.6 is 0 Å². The molecule has 2 aliphatic rings. The van der Waals surface area contributed by atoms with Crippen LogP contribution in [0.5, 0.6) is 17.4 Å². The van der Waals surface area contributed by atoms with Crippen molar-refractivity contribution >= 4 is 5.69 Å². The summed E-state index contributed by atoms with van der Waals surface area (Å²) in [6.07, 6.45) is 6.68. The van der Waals surface area contributed by atoms with Gasteiger partial charge in [-0.2, -0.15) is 0 Å². The Labute approximate surface area is 158 Å². The zero-order valence-electron chi connectivity index (χ0n) is 15.9. The zero-order chi connectivity index (χ0) is 19.0. The first-order chi connectivity index (χ1) is 13.1. The normalized spacial score (nSPS) is 19.2. The maximum atomic E-state index is 10.7. The highest BCUT2D eigenvalue weighted by Crippen LogP contribution is 2.57. The topological polar surface area (TPSA) is 76.9 Å². The SMILES string of the molecule is COc1ccncc1C(O)C1CC2(C1)CN(c1cnc(OC)c(OC)c1)C2. The Hall–Kier alpha value is -2.54. The molecule has 1 saturated heterocycles. The van der Waals surface area contributed by atoms with Gasteiger partial charge in [0, 0.05) is 42.5 Å². The smallest absolute Gasteiger partial charge is 0.256 e. The molecule has 0 aromatic carbocycles. The summed E-state index contributed by atoms with van der Waals surface area (Å²) < 4.78 is 15.9. The lowest BCUT2D eigenvalue weighted by atomic mass is 9.55. The number of nitrogens with zero attached hydrogens (tertiary/aromatic N) is 3. The molecule has 2 aromatic heterocycles. The number of aromatic nitrogens is 2. The molecule has 0 bridgehead atoms. The van der Waals surface area contributed by atoms with E-state index in [9.17, 15) is 5.11 Å². The van der Waals surface area contributed by atoms with E-state index in [-0.39, 0.29) is 11.3 Å². The van der Waals surface area contributed by atoms with E-state index in [2.05, 4.69) is 14.9 Å². The summed E-state index contributed by atoms with van der Waals surface area (Å²) in [4.78, 5) is 10.7. The number of methoxy groups -OCH3 is 3. The Balaban J connectivity index is 1.37. The molecule has 0 amide bonds. The lowest BCUT2D eigenvalue weighted by Gasteiger charge is -2.60. The Bertz CT molecular complexity index is 815. The van der Waals surface area contributed by atoms with Crippen LogP contribution in [0.3, 0.4) is 0 Å². The van der Waals surface area contributed by atoms with Gasteiger partial charge in [-0.25, -0.2) is 4.98 Å².